The maximum atomic E-state index is 12.2. The predicted octanol–water partition coefficient (Wildman–Crippen LogP) is 2.48. The molecule has 0 aliphatic heterocycles. The highest BCUT2D eigenvalue weighted by Crippen LogP contribution is 2.76. The third kappa shape index (κ3) is 1.78. The summed E-state index contributed by atoms with van der Waals surface area (Å²) in [6.45, 7) is 2.31. The van der Waals surface area contributed by atoms with Crippen molar-refractivity contribution in [3.8, 4) is 0 Å². The number of carbonyl (C=O) groups excluding carboxylic acids is 1. The maximum absolute atomic E-state index is 12.2. The summed E-state index contributed by atoms with van der Waals surface area (Å²) in [7, 11) is 3.48. The van der Waals surface area contributed by atoms with Crippen LogP contribution in [0.25, 0.3) is 0 Å². The molecule has 3 saturated carbocycles. The van der Waals surface area contributed by atoms with Gasteiger partial charge in [0.1, 0.15) is 11.9 Å². The molecule has 2 bridgehead atoms. The summed E-state index contributed by atoms with van der Waals surface area (Å²) in [5, 5.41) is 10.1. The molecular weight excluding hydrogens is 242 g/mol. The fourth-order valence-electron chi connectivity index (χ4n) is 4.70. The fourth-order valence-corrected chi connectivity index (χ4v) is 4.70. The highest BCUT2D eigenvalue weighted by molar-refractivity contribution is 5.81. The lowest BCUT2D eigenvalue weighted by molar-refractivity contribution is 0.0110. The average Bonchev–Trinajstić information content (AvgIpc) is 2.73. The lowest BCUT2D eigenvalue weighted by Gasteiger charge is -2.28. The Morgan fingerprint density at radius 1 is 1.37 bits per heavy atom. The summed E-state index contributed by atoms with van der Waals surface area (Å²) in [5.74, 6) is 1.49. The second-order valence-corrected chi connectivity index (χ2v) is 6.96. The molecule has 0 aromatic heterocycles. The van der Waals surface area contributed by atoms with Crippen LogP contribution in [-0.2, 0) is 4.74 Å². The van der Waals surface area contributed by atoms with Crippen LogP contribution in [0.1, 0.15) is 39.0 Å². The molecule has 1 spiro atoms. The Balaban J connectivity index is 1.72. The summed E-state index contributed by atoms with van der Waals surface area (Å²) in [6, 6.07) is 0. The van der Waals surface area contributed by atoms with Crippen LogP contribution in [-0.4, -0.2) is 42.1 Å². The molecule has 0 heterocycles. The average molecular weight is 265 g/mol. The van der Waals surface area contributed by atoms with Crippen molar-refractivity contribution in [3.05, 3.63) is 0 Å². The van der Waals surface area contributed by atoms with E-state index in [2.05, 4.69) is 6.92 Å². The zero-order valence-corrected chi connectivity index (χ0v) is 12.0. The molecule has 5 nitrogen and oxygen atoms in total. The molecular formula is C14H23N3O2. The summed E-state index contributed by atoms with van der Waals surface area (Å²) >= 11 is 0. The molecule has 3 aliphatic rings. The summed E-state index contributed by atoms with van der Waals surface area (Å²) in [5.41, 5.74) is 0.0573. The quantitative estimate of drug-likeness (QED) is 0.484. The van der Waals surface area contributed by atoms with Crippen LogP contribution in [0.3, 0.4) is 0 Å². The van der Waals surface area contributed by atoms with Gasteiger partial charge in [-0.15, -0.1) is 0 Å². The molecule has 3 fully saturated rings. The van der Waals surface area contributed by atoms with Gasteiger partial charge in [0.2, 0.25) is 0 Å². The van der Waals surface area contributed by atoms with E-state index in [1.54, 1.807) is 19.1 Å². The molecule has 0 radical (unpaired) electrons. The number of hydrogen-bond acceptors (Lipinski definition) is 4. The molecule has 0 aromatic rings. The molecule has 106 valence electrons. The number of ether oxygens (including phenoxy) is 1. The maximum Gasteiger partial charge on any atom is 0.430 e. The number of amides is 1. The van der Waals surface area contributed by atoms with E-state index < -0.39 is 6.09 Å². The Bertz CT molecular complexity index is 425. The van der Waals surface area contributed by atoms with Gasteiger partial charge < -0.3 is 4.74 Å². The van der Waals surface area contributed by atoms with Crippen LogP contribution < -0.4 is 0 Å². The second kappa shape index (κ2) is 3.95. The normalized spacial score (nSPS) is 42.7. The second-order valence-electron chi connectivity index (χ2n) is 6.96. The van der Waals surface area contributed by atoms with E-state index >= 15 is 0 Å². The van der Waals surface area contributed by atoms with Gasteiger partial charge in [0.05, 0.1) is 0 Å². The van der Waals surface area contributed by atoms with Crippen LogP contribution >= 0.6 is 0 Å². The molecule has 3 rings (SSSR count). The number of hydrogen-bond donors (Lipinski definition) is 1. The Kier molecular flexibility index (Phi) is 2.68. The fraction of sp³-hybridized carbons (Fsp3) is 0.857. The van der Waals surface area contributed by atoms with Crippen molar-refractivity contribution in [2.75, 3.05) is 14.1 Å². The van der Waals surface area contributed by atoms with Crippen LogP contribution in [0.5, 0.6) is 0 Å². The summed E-state index contributed by atoms with van der Waals surface area (Å²) < 4.78 is 5.83. The molecule has 0 aromatic carbocycles. The van der Waals surface area contributed by atoms with Crippen LogP contribution in [0, 0.1) is 22.7 Å². The van der Waals surface area contributed by atoms with Gasteiger partial charge in [-0.1, -0.05) is 6.92 Å². The molecule has 1 amide bonds. The van der Waals surface area contributed by atoms with Crippen molar-refractivity contribution in [1.82, 2.24) is 10.0 Å². The third-order valence-corrected chi connectivity index (χ3v) is 5.26. The van der Waals surface area contributed by atoms with Gasteiger partial charge in [0, 0.05) is 19.5 Å². The minimum atomic E-state index is -0.405. The molecule has 3 aliphatic carbocycles. The van der Waals surface area contributed by atoms with Crippen molar-refractivity contribution in [3.63, 3.8) is 0 Å². The van der Waals surface area contributed by atoms with Gasteiger partial charge in [-0.25, -0.2) is 9.80 Å². The molecule has 5 heteroatoms. The lowest BCUT2D eigenvalue weighted by atomic mass is 9.77. The predicted molar refractivity (Wildman–Crippen MR) is 71.7 cm³/mol. The molecule has 0 saturated heterocycles. The monoisotopic (exact) mass is 265 g/mol. The van der Waals surface area contributed by atoms with Crippen molar-refractivity contribution in [2.45, 2.75) is 44.6 Å². The Labute approximate surface area is 114 Å². The SMILES string of the molecule is CC1CC2CC3(C1)CC3(OC(=O)N(C=N)N(C)C)C2. The van der Waals surface area contributed by atoms with Gasteiger partial charge >= 0.3 is 6.09 Å². The van der Waals surface area contributed by atoms with Crippen molar-refractivity contribution in [2.24, 2.45) is 17.3 Å². The number of carbonyl (C=O) groups is 1. The van der Waals surface area contributed by atoms with E-state index in [1.807, 2.05) is 0 Å². The minimum absolute atomic E-state index is 0.212. The van der Waals surface area contributed by atoms with Gasteiger partial charge in [0.25, 0.3) is 0 Å². The van der Waals surface area contributed by atoms with Crippen molar-refractivity contribution < 1.29 is 9.53 Å². The molecule has 1 N–H and O–H groups in total. The largest absolute Gasteiger partial charge is 0.441 e. The lowest BCUT2D eigenvalue weighted by Crippen LogP contribution is -2.43. The standard InChI is InChI=1S/C14H23N3O2/c1-10-4-11-6-13(5-10)8-14(13,7-11)19-12(18)17(9-15)16(2)3/h9-11,15H,4-8H2,1-3H3. The number of rotatable bonds is 3. The van der Waals surface area contributed by atoms with E-state index in [0.29, 0.717) is 0 Å². The van der Waals surface area contributed by atoms with E-state index in [0.717, 1.165) is 31.0 Å². The summed E-state index contributed by atoms with van der Waals surface area (Å²) in [4.78, 5) is 12.2. The number of hydrazine groups is 1. The zero-order chi connectivity index (χ0) is 13.8. The Hall–Kier alpha value is -1.10. The first-order chi connectivity index (χ1) is 8.91. The number of nitrogens with zero attached hydrogens (tertiary/aromatic N) is 2. The first-order valence-corrected chi connectivity index (χ1v) is 7.11. The van der Waals surface area contributed by atoms with Crippen LogP contribution in [0.2, 0.25) is 0 Å². The van der Waals surface area contributed by atoms with Crippen LogP contribution in [0.4, 0.5) is 4.79 Å². The Morgan fingerprint density at radius 2 is 2.11 bits per heavy atom. The van der Waals surface area contributed by atoms with Gasteiger partial charge in [-0.05, 0) is 43.9 Å². The molecule has 4 atom stereocenters. The first kappa shape index (κ1) is 12.9. The smallest absolute Gasteiger partial charge is 0.430 e. The van der Waals surface area contributed by atoms with Gasteiger partial charge in [-0.3, -0.25) is 5.41 Å². The number of nitrogens with one attached hydrogen (secondary N) is 1. The molecule has 19 heavy (non-hydrogen) atoms. The summed E-state index contributed by atoms with van der Waals surface area (Å²) in [6.07, 6.45) is 6.38. The van der Waals surface area contributed by atoms with Crippen LogP contribution in [0.15, 0.2) is 0 Å². The van der Waals surface area contributed by atoms with Gasteiger partial charge in [-0.2, -0.15) is 5.01 Å². The number of fused-ring (bicyclic) bond motifs is 1. The third-order valence-electron chi connectivity index (χ3n) is 5.26. The molecule has 4 unspecified atom stereocenters. The van der Waals surface area contributed by atoms with E-state index in [4.69, 9.17) is 10.1 Å². The first-order valence-electron chi connectivity index (χ1n) is 7.11. The van der Waals surface area contributed by atoms with E-state index in [-0.39, 0.29) is 11.0 Å². The Morgan fingerprint density at radius 3 is 2.74 bits per heavy atom. The van der Waals surface area contributed by atoms with Crippen molar-refractivity contribution in [1.29, 1.82) is 5.41 Å². The minimum Gasteiger partial charge on any atom is -0.441 e. The van der Waals surface area contributed by atoms with E-state index in [1.165, 1.54) is 24.3 Å². The highest BCUT2D eigenvalue weighted by Gasteiger charge is 2.76. The highest BCUT2D eigenvalue weighted by atomic mass is 16.6. The topological polar surface area (TPSA) is 56.6 Å². The van der Waals surface area contributed by atoms with E-state index in [9.17, 15) is 4.79 Å². The van der Waals surface area contributed by atoms with Crippen molar-refractivity contribution >= 4 is 12.4 Å². The zero-order valence-electron chi connectivity index (χ0n) is 12.0. The van der Waals surface area contributed by atoms with Gasteiger partial charge in [0.15, 0.2) is 0 Å².